The highest BCUT2D eigenvalue weighted by Crippen LogP contribution is 2.43. The molecule has 7 rings (SSSR count). The third-order valence-corrected chi connectivity index (χ3v) is 8.02. The molecule has 7 aromatic rings. The minimum Gasteiger partial charge on any atom is -0.341 e. The number of benzene rings is 5. The van der Waals surface area contributed by atoms with E-state index in [2.05, 4.69) is 95.8 Å². The quantitative estimate of drug-likeness (QED) is 0.172. The van der Waals surface area contributed by atoms with Gasteiger partial charge in [-0.25, -0.2) is 0 Å². The third kappa shape index (κ3) is 3.40. The predicted molar refractivity (Wildman–Crippen MR) is 161 cm³/mol. The summed E-state index contributed by atoms with van der Waals surface area (Å²) in [6.45, 7) is 6.03. The zero-order valence-corrected chi connectivity index (χ0v) is 21.9. The summed E-state index contributed by atoms with van der Waals surface area (Å²) in [6.07, 6.45) is 0. The molecule has 0 fully saturated rings. The fourth-order valence-electron chi connectivity index (χ4n) is 6.35. The number of para-hydroxylation sites is 2. The van der Waals surface area contributed by atoms with Crippen molar-refractivity contribution in [1.82, 2.24) is 9.13 Å². The van der Waals surface area contributed by atoms with Crippen LogP contribution < -0.4 is 0 Å². The second kappa shape index (κ2) is 8.84. The lowest BCUT2D eigenvalue weighted by Gasteiger charge is -2.12. The van der Waals surface area contributed by atoms with Gasteiger partial charge in [0.05, 0.1) is 10.5 Å². The summed E-state index contributed by atoms with van der Waals surface area (Å²) in [5.74, 6) is 0. The molecule has 5 nitrogen and oxygen atoms in total. The highest BCUT2D eigenvalue weighted by molar-refractivity contribution is 6.11. The van der Waals surface area contributed by atoms with Gasteiger partial charge < -0.3 is 9.13 Å². The Bertz CT molecular complexity index is 2080. The fourth-order valence-corrected chi connectivity index (χ4v) is 6.35. The molecule has 0 aliphatic rings. The maximum Gasteiger partial charge on any atom is 0.277 e. The number of aryl methyl sites for hydroxylation is 2. The van der Waals surface area contributed by atoms with E-state index in [-0.39, 0.29) is 10.6 Å². The third-order valence-electron chi connectivity index (χ3n) is 8.02. The summed E-state index contributed by atoms with van der Waals surface area (Å²) in [7, 11) is 0. The standard InChI is InChI=1S/C34H27N3O2/c1-3-35-29-13-7-5-10-25(29)27-20-22(16-18-31(27)35)24-12-9-15-33(37(38)39)34(24)23-17-19-32-28(21-23)26-11-6-8-14-30(26)36(32)4-2/h5-21H,3-4H2,1-2H3. The summed E-state index contributed by atoms with van der Waals surface area (Å²) in [5.41, 5.74) is 8.11. The van der Waals surface area contributed by atoms with Crippen molar-refractivity contribution in [3.05, 3.63) is 113 Å². The molecule has 5 aromatic carbocycles. The van der Waals surface area contributed by atoms with Gasteiger partial charge in [0, 0.05) is 62.8 Å². The monoisotopic (exact) mass is 509 g/mol. The van der Waals surface area contributed by atoms with Crippen LogP contribution in [0.2, 0.25) is 0 Å². The zero-order valence-electron chi connectivity index (χ0n) is 21.9. The normalized spacial score (nSPS) is 11.7. The van der Waals surface area contributed by atoms with Crippen LogP contribution in [0.25, 0.3) is 65.9 Å². The van der Waals surface area contributed by atoms with Crippen molar-refractivity contribution in [1.29, 1.82) is 0 Å². The van der Waals surface area contributed by atoms with E-state index >= 15 is 0 Å². The number of aromatic nitrogens is 2. The Balaban J connectivity index is 1.51. The zero-order chi connectivity index (χ0) is 26.7. The van der Waals surface area contributed by atoms with Crippen LogP contribution in [0.1, 0.15) is 13.8 Å². The largest absolute Gasteiger partial charge is 0.341 e. The minimum atomic E-state index is -0.264. The molecule has 2 heterocycles. The van der Waals surface area contributed by atoms with Crippen LogP contribution >= 0.6 is 0 Å². The SMILES string of the molecule is CCn1c2ccccc2c2cc(-c3cccc([N+](=O)[O-])c3-c3ccc4c(c3)c3ccccc3n4CC)ccc21. The molecule has 0 radical (unpaired) electrons. The van der Waals surface area contributed by atoms with Gasteiger partial charge in [0.15, 0.2) is 0 Å². The predicted octanol–water partition coefficient (Wildman–Crippen LogP) is 9.18. The Hall–Kier alpha value is -4.90. The van der Waals surface area contributed by atoms with Gasteiger partial charge in [-0.05, 0) is 66.9 Å². The lowest BCUT2D eigenvalue weighted by Crippen LogP contribution is -1.96. The molecule has 0 saturated heterocycles. The molecule has 0 aliphatic carbocycles. The van der Waals surface area contributed by atoms with Crippen molar-refractivity contribution in [2.75, 3.05) is 0 Å². The van der Waals surface area contributed by atoms with Crippen LogP contribution in [-0.2, 0) is 13.1 Å². The molecule has 5 heteroatoms. The molecule has 190 valence electrons. The van der Waals surface area contributed by atoms with E-state index < -0.39 is 0 Å². The van der Waals surface area contributed by atoms with Crippen molar-refractivity contribution < 1.29 is 4.92 Å². The lowest BCUT2D eigenvalue weighted by molar-refractivity contribution is -0.384. The highest BCUT2D eigenvalue weighted by atomic mass is 16.6. The first kappa shape index (κ1) is 23.2. The van der Waals surface area contributed by atoms with Crippen LogP contribution in [-0.4, -0.2) is 14.1 Å². The molecule has 0 amide bonds. The minimum absolute atomic E-state index is 0.113. The van der Waals surface area contributed by atoms with E-state index in [4.69, 9.17) is 0 Å². The maximum absolute atomic E-state index is 12.3. The first-order valence-corrected chi connectivity index (χ1v) is 13.4. The Morgan fingerprint density at radius 1 is 0.590 bits per heavy atom. The molecule has 0 spiro atoms. The van der Waals surface area contributed by atoms with E-state index in [1.807, 2.05) is 18.2 Å². The van der Waals surface area contributed by atoms with Crippen molar-refractivity contribution in [2.24, 2.45) is 0 Å². The molecule has 0 aliphatic heterocycles. The van der Waals surface area contributed by atoms with Gasteiger partial charge >= 0.3 is 0 Å². The van der Waals surface area contributed by atoms with E-state index in [9.17, 15) is 10.1 Å². The first-order chi connectivity index (χ1) is 19.1. The Morgan fingerprint density at radius 2 is 1.10 bits per heavy atom. The smallest absolute Gasteiger partial charge is 0.277 e. The summed E-state index contributed by atoms with van der Waals surface area (Å²) >= 11 is 0. The number of hydrogen-bond acceptors (Lipinski definition) is 2. The van der Waals surface area contributed by atoms with Crippen LogP contribution in [0.5, 0.6) is 0 Å². The number of rotatable bonds is 5. The molecule has 39 heavy (non-hydrogen) atoms. The van der Waals surface area contributed by atoms with Crippen molar-refractivity contribution >= 4 is 49.3 Å². The summed E-state index contributed by atoms with van der Waals surface area (Å²) in [4.78, 5) is 12.1. The Labute approximate surface area is 225 Å². The number of nitro benzene ring substituents is 1. The van der Waals surface area contributed by atoms with Crippen LogP contribution in [0.15, 0.2) is 103 Å². The Morgan fingerprint density at radius 3 is 1.67 bits per heavy atom. The maximum atomic E-state index is 12.3. The van der Waals surface area contributed by atoms with E-state index in [1.54, 1.807) is 12.1 Å². The molecular weight excluding hydrogens is 482 g/mol. The number of fused-ring (bicyclic) bond motifs is 6. The molecule has 0 bridgehead atoms. The van der Waals surface area contributed by atoms with Gasteiger partial charge in [0.1, 0.15) is 0 Å². The molecule has 2 aromatic heterocycles. The molecule has 0 unspecified atom stereocenters. The van der Waals surface area contributed by atoms with Crippen LogP contribution in [0, 0.1) is 10.1 Å². The first-order valence-electron chi connectivity index (χ1n) is 13.4. The van der Waals surface area contributed by atoms with Gasteiger partial charge in [0.25, 0.3) is 5.69 Å². The van der Waals surface area contributed by atoms with E-state index in [1.165, 1.54) is 21.9 Å². The topological polar surface area (TPSA) is 53.0 Å². The van der Waals surface area contributed by atoms with Crippen molar-refractivity contribution in [3.63, 3.8) is 0 Å². The van der Waals surface area contributed by atoms with Crippen molar-refractivity contribution in [3.8, 4) is 22.3 Å². The van der Waals surface area contributed by atoms with Gasteiger partial charge in [0.2, 0.25) is 0 Å². The van der Waals surface area contributed by atoms with Gasteiger partial charge in [-0.2, -0.15) is 0 Å². The van der Waals surface area contributed by atoms with E-state index in [0.29, 0.717) is 5.56 Å². The highest BCUT2D eigenvalue weighted by Gasteiger charge is 2.22. The van der Waals surface area contributed by atoms with Crippen molar-refractivity contribution in [2.45, 2.75) is 26.9 Å². The van der Waals surface area contributed by atoms with Gasteiger partial charge in [-0.15, -0.1) is 0 Å². The fraction of sp³-hybridized carbons (Fsp3) is 0.118. The molecule has 0 atom stereocenters. The summed E-state index contributed by atoms with van der Waals surface area (Å²) < 4.78 is 4.62. The number of hydrogen-bond donors (Lipinski definition) is 0. The molecule has 0 N–H and O–H groups in total. The Kier molecular flexibility index (Phi) is 5.27. The lowest BCUT2D eigenvalue weighted by atomic mass is 9.91. The van der Waals surface area contributed by atoms with Gasteiger partial charge in [-0.1, -0.05) is 60.7 Å². The second-order valence-corrected chi connectivity index (χ2v) is 9.94. The average Bonchev–Trinajstić information content (AvgIpc) is 3.48. The van der Waals surface area contributed by atoms with E-state index in [0.717, 1.165) is 51.5 Å². The van der Waals surface area contributed by atoms with Crippen LogP contribution in [0.3, 0.4) is 0 Å². The molecule has 0 saturated carbocycles. The molecular formula is C34H27N3O2. The number of nitro groups is 1. The van der Waals surface area contributed by atoms with Crippen LogP contribution in [0.4, 0.5) is 5.69 Å². The summed E-state index contributed by atoms with van der Waals surface area (Å²) in [5, 5.41) is 16.9. The van der Waals surface area contributed by atoms with Gasteiger partial charge in [-0.3, -0.25) is 10.1 Å². The second-order valence-electron chi connectivity index (χ2n) is 9.94. The number of nitrogens with zero attached hydrogens (tertiary/aromatic N) is 3. The average molecular weight is 510 g/mol. The summed E-state index contributed by atoms with van der Waals surface area (Å²) in [6, 6.07) is 34.9.